The summed E-state index contributed by atoms with van der Waals surface area (Å²) < 4.78 is 13.2. The second kappa shape index (κ2) is 7.95. The van der Waals surface area contributed by atoms with Gasteiger partial charge < -0.3 is 5.32 Å². The van der Waals surface area contributed by atoms with E-state index in [0.717, 1.165) is 31.7 Å². The first-order valence-corrected chi connectivity index (χ1v) is 5.89. The van der Waals surface area contributed by atoms with E-state index < -0.39 is 0 Å². The fraction of sp³-hybridized carbons (Fsp3) is 0.538. The number of hydrogen-bond donors (Lipinski definition) is 1. The number of nitrogens with one attached hydrogen (secondary N) is 1. The van der Waals surface area contributed by atoms with Crippen molar-refractivity contribution >= 4 is 24.8 Å². The number of aryl methyl sites for hydroxylation is 1. The maximum atomic E-state index is 13.2. The Kier molecular flexibility index (Phi) is 7.79. The molecule has 0 spiro atoms. The molecule has 1 saturated heterocycles. The summed E-state index contributed by atoms with van der Waals surface area (Å²) >= 11 is 0. The molecule has 1 aromatic carbocycles. The van der Waals surface area contributed by atoms with Crippen molar-refractivity contribution in [3.8, 4) is 0 Å². The van der Waals surface area contributed by atoms with Gasteiger partial charge in [0.05, 0.1) is 0 Å². The quantitative estimate of drug-likeness (QED) is 0.902. The lowest BCUT2D eigenvalue weighted by Gasteiger charge is -2.33. The van der Waals surface area contributed by atoms with Crippen LogP contribution < -0.4 is 5.32 Å². The van der Waals surface area contributed by atoms with Crippen molar-refractivity contribution in [1.82, 2.24) is 10.2 Å². The van der Waals surface area contributed by atoms with Crippen LogP contribution in [-0.2, 0) is 0 Å². The van der Waals surface area contributed by atoms with E-state index in [9.17, 15) is 4.39 Å². The number of hydrogen-bond acceptors (Lipinski definition) is 2. The van der Waals surface area contributed by atoms with E-state index in [1.165, 1.54) is 11.6 Å². The third kappa shape index (κ3) is 4.09. The molecule has 0 unspecified atom stereocenters. The second-order valence-corrected chi connectivity index (χ2v) is 4.46. The van der Waals surface area contributed by atoms with Crippen molar-refractivity contribution < 1.29 is 4.39 Å². The van der Waals surface area contributed by atoms with Crippen LogP contribution in [0.25, 0.3) is 0 Å². The average molecular weight is 295 g/mol. The molecule has 0 aromatic heterocycles. The molecule has 1 aliphatic rings. The predicted molar refractivity (Wildman–Crippen MR) is 78.5 cm³/mol. The molecule has 1 fully saturated rings. The van der Waals surface area contributed by atoms with Crippen LogP contribution in [-0.4, -0.2) is 31.1 Å². The summed E-state index contributed by atoms with van der Waals surface area (Å²) in [5.41, 5.74) is 2.29. The van der Waals surface area contributed by atoms with Gasteiger partial charge in [-0.1, -0.05) is 6.07 Å². The van der Waals surface area contributed by atoms with Crippen molar-refractivity contribution in [2.75, 3.05) is 26.2 Å². The molecule has 5 heteroatoms. The van der Waals surface area contributed by atoms with E-state index in [4.69, 9.17) is 0 Å². The second-order valence-electron chi connectivity index (χ2n) is 4.46. The zero-order valence-electron chi connectivity index (χ0n) is 10.8. The smallest absolute Gasteiger partial charge is 0.123 e. The molecule has 0 bridgehead atoms. The van der Waals surface area contributed by atoms with Crippen LogP contribution in [0.4, 0.5) is 4.39 Å². The van der Waals surface area contributed by atoms with Gasteiger partial charge in [-0.3, -0.25) is 4.90 Å². The highest BCUT2D eigenvalue weighted by atomic mass is 35.5. The van der Waals surface area contributed by atoms with Crippen LogP contribution in [0.15, 0.2) is 18.2 Å². The molecule has 0 radical (unpaired) electrons. The van der Waals surface area contributed by atoms with Crippen LogP contribution in [0.1, 0.15) is 24.1 Å². The number of benzene rings is 1. The summed E-state index contributed by atoms with van der Waals surface area (Å²) in [6.45, 7) is 8.34. The van der Waals surface area contributed by atoms with Gasteiger partial charge in [-0.2, -0.15) is 0 Å². The number of halogens is 3. The molecule has 2 rings (SSSR count). The largest absolute Gasteiger partial charge is 0.314 e. The lowest BCUT2D eigenvalue weighted by molar-refractivity contribution is 0.185. The molecule has 0 amide bonds. The molecular formula is C13H21Cl2FN2. The Morgan fingerprint density at radius 2 is 1.83 bits per heavy atom. The van der Waals surface area contributed by atoms with Crippen molar-refractivity contribution in [2.45, 2.75) is 19.9 Å². The molecule has 1 atom stereocenters. The number of nitrogens with zero attached hydrogens (tertiary/aromatic N) is 1. The Balaban J connectivity index is 0.00000144. The maximum absolute atomic E-state index is 13.2. The third-order valence-corrected chi connectivity index (χ3v) is 3.39. The Bertz CT molecular complexity index is 368. The Morgan fingerprint density at radius 1 is 1.22 bits per heavy atom. The fourth-order valence-corrected chi connectivity index (χ4v) is 2.33. The van der Waals surface area contributed by atoms with Gasteiger partial charge >= 0.3 is 0 Å². The minimum atomic E-state index is -0.136. The highest BCUT2D eigenvalue weighted by molar-refractivity contribution is 5.85. The minimum Gasteiger partial charge on any atom is -0.314 e. The third-order valence-electron chi connectivity index (χ3n) is 3.39. The highest BCUT2D eigenvalue weighted by Gasteiger charge is 2.19. The molecule has 104 valence electrons. The Labute approximate surface area is 121 Å². The zero-order chi connectivity index (χ0) is 11.5. The standard InChI is InChI=1S/C13H19FN2.2ClH/c1-10-3-4-12(14)9-13(10)11(2)16-7-5-15-6-8-16;;/h3-4,9,11,15H,5-8H2,1-2H3;2*1H/t11-;;/m0../s1. The summed E-state index contributed by atoms with van der Waals surface area (Å²) in [5, 5.41) is 3.33. The zero-order valence-corrected chi connectivity index (χ0v) is 12.4. The van der Waals surface area contributed by atoms with Crippen molar-refractivity contribution in [3.05, 3.63) is 35.1 Å². The fourth-order valence-electron chi connectivity index (χ4n) is 2.33. The van der Waals surface area contributed by atoms with Gasteiger partial charge in [0.25, 0.3) is 0 Å². The highest BCUT2D eigenvalue weighted by Crippen LogP contribution is 2.24. The van der Waals surface area contributed by atoms with Crippen LogP contribution >= 0.6 is 24.8 Å². The maximum Gasteiger partial charge on any atom is 0.123 e. The molecule has 1 N–H and O–H groups in total. The normalized spacial score (nSPS) is 17.5. The van der Waals surface area contributed by atoms with Gasteiger partial charge in [0.2, 0.25) is 0 Å². The molecule has 1 aliphatic heterocycles. The molecule has 0 saturated carbocycles. The van der Waals surface area contributed by atoms with Gasteiger partial charge in [0.15, 0.2) is 0 Å². The van der Waals surface area contributed by atoms with E-state index in [1.807, 2.05) is 13.0 Å². The predicted octanol–water partition coefficient (Wildman–Crippen LogP) is 2.94. The molecule has 1 aromatic rings. The number of piperazine rings is 1. The summed E-state index contributed by atoms with van der Waals surface area (Å²) in [5.74, 6) is -0.136. The summed E-state index contributed by atoms with van der Waals surface area (Å²) in [6.07, 6.45) is 0. The van der Waals surface area contributed by atoms with Crippen LogP contribution in [0, 0.1) is 12.7 Å². The Morgan fingerprint density at radius 3 is 2.44 bits per heavy atom. The van der Waals surface area contributed by atoms with Gasteiger partial charge in [-0.25, -0.2) is 4.39 Å². The van der Waals surface area contributed by atoms with Crippen LogP contribution in [0.3, 0.4) is 0 Å². The number of rotatable bonds is 2. The summed E-state index contributed by atoms with van der Waals surface area (Å²) in [7, 11) is 0. The van der Waals surface area contributed by atoms with E-state index >= 15 is 0 Å². The molecule has 0 aliphatic carbocycles. The summed E-state index contributed by atoms with van der Waals surface area (Å²) in [6, 6.07) is 5.37. The lowest BCUT2D eigenvalue weighted by Crippen LogP contribution is -2.44. The first kappa shape index (κ1) is 17.6. The van der Waals surface area contributed by atoms with Gasteiger partial charge in [-0.05, 0) is 37.1 Å². The summed E-state index contributed by atoms with van der Waals surface area (Å²) in [4.78, 5) is 2.40. The van der Waals surface area contributed by atoms with Crippen molar-refractivity contribution in [2.24, 2.45) is 0 Å². The van der Waals surface area contributed by atoms with E-state index in [0.29, 0.717) is 6.04 Å². The lowest BCUT2D eigenvalue weighted by atomic mass is 10.0. The van der Waals surface area contributed by atoms with E-state index in [1.54, 1.807) is 6.07 Å². The van der Waals surface area contributed by atoms with Crippen molar-refractivity contribution in [1.29, 1.82) is 0 Å². The monoisotopic (exact) mass is 294 g/mol. The molecule has 18 heavy (non-hydrogen) atoms. The van der Waals surface area contributed by atoms with Crippen LogP contribution in [0.2, 0.25) is 0 Å². The topological polar surface area (TPSA) is 15.3 Å². The molecule has 2 nitrogen and oxygen atoms in total. The SMILES string of the molecule is Cc1ccc(F)cc1[C@H](C)N1CCNCC1.Cl.Cl. The molecule has 1 heterocycles. The van der Waals surface area contributed by atoms with Crippen molar-refractivity contribution in [3.63, 3.8) is 0 Å². The van der Waals surface area contributed by atoms with Gasteiger partial charge in [0, 0.05) is 32.2 Å². The minimum absolute atomic E-state index is 0. The average Bonchev–Trinajstić information content (AvgIpc) is 2.32. The first-order chi connectivity index (χ1) is 7.68. The van der Waals surface area contributed by atoms with E-state index in [2.05, 4.69) is 17.1 Å². The van der Waals surface area contributed by atoms with Gasteiger partial charge in [0.1, 0.15) is 5.82 Å². The first-order valence-electron chi connectivity index (χ1n) is 5.89. The molecular weight excluding hydrogens is 274 g/mol. The van der Waals surface area contributed by atoms with E-state index in [-0.39, 0.29) is 30.6 Å². The van der Waals surface area contributed by atoms with Gasteiger partial charge in [-0.15, -0.1) is 24.8 Å². The Hall–Kier alpha value is -0.350. The van der Waals surface area contributed by atoms with Crippen LogP contribution in [0.5, 0.6) is 0 Å².